The third-order valence-corrected chi connectivity index (χ3v) is 6.50. The van der Waals surface area contributed by atoms with Gasteiger partial charge in [0.2, 0.25) is 0 Å². The predicted octanol–water partition coefficient (Wildman–Crippen LogP) is 1.66. The lowest BCUT2D eigenvalue weighted by molar-refractivity contribution is -0.138. The Balaban J connectivity index is 2.16. The summed E-state index contributed by atoms with van der Waals surface area (Å²) in [7, 11) is -3.92. The number of sulfonamides is 1. The molecule has 1 aliphatic rings. The smallest absolute Gasteiger partial charge is 0.327 e. The zero-order valence-electron chi connectivity index (χ0n) is 11.1. The number of anilines is 1. The molecule has 0 fully saturated rings. The summed E-state index contributed by atoms with van der Waals surface area (Å²) in [4.78, 5) is 15.4. The van der Waals surface area contributed by atoms with Crippen LogP contribution in [0.4, 0.5) is 5.69 Å². The molecule has 1 aromatic heterocycles. The molecular weight excluding hydrogens is 312 g/mol. The summed E-state index contributed by atoms with van der Waals surface area (Å²) in [5.74, 6) is -1.16. The number of para-hydroxylation sites is 1. The van der Waals surface area contributed by atoms with Crippen molar-refractivity contribution in [3.05, 3.63) is 41.0 Å². The van der Waals surface area contributed by atoms with Gasteiger partial charge < -0.3 is 5.11 Å². The molecule has 2 heterocycles. The Bertz CT molecular complexity index is 813. The molecule has 2 aromatic rings. The number of carboxylic acid groups (broad SMARTS) is 1. The molecule has 110 valence electrons. The molecule has 1 N–H and O–H groups in total. The van der Waals surface area contributed by atoms with Crippen molar-refractivity contribution in [2.75, 3.05) is 4.31 Å². The van der Waals surface area contributed by atoms with Gasteiger partial charge in [0.25, 0.3) is 10.0 Å². The number of hydrogen-bond acceptors (Lipinski definition) is 5. The number of fused-ring (bicyclic) bond motifs is 1. The summed E-state index contributed by atoms with van der Waals surface area (Å²) in [6.07, 6.45) is 1.44. The van der Waals surface area contributed by atoms with E-state index in [2.05, 4.69) is 4.98 Å². The highest BCUT2D eigenvalue weighted by molar-refractivity contribution is 7.94. The minimum absolute atomic E-state index is 0.0583. The van der Waals surface area contributed by atoms with Gasteiger partial charge in [-0.05, 0) is 18.6 Å². The lowest BCUT2D eigenvalue weighted by Gasteiger charge is -2.23. The van der Waals surface area contributed by atoms with E-state index in [0.29, 0.717) is 10.7 Å². The van der Waals surface area contributed by atoms with Crippen LogP contribution in [0, 0.1) is 6.92 Å². The van der Waals surface area contributed by atoms with Gasteiger partial charge in [0, 0.05) is 6.42 Å². The van der Waals surface area contributed by atoms with Gasteiger partial charge in [-0.3, -0.25) is 4.31 Å². The number of nitrogens with zero attached hydrogens (tertiary/aromatic N) is 2. The summed E-state index contributed by atoms with van der Waals surface area (Å²) in [6, 6.07) is 5.73. The number of thiazole rings is 1. The van der Waals surface area contributed by atoms with Gasteiger partial charge >= 0.3 is 5.97 Å². The molecule has 0 amide bonds. The third kappa shape index (κ3) is 2.20. The molecule has 0 saturated carbocycles. The van der Waals surface area contributed by atoms with Gasteiger partial charge in [-0.15, -0.1) is 11.3 Å². The molecule has 3 rings (SSSR count). The summed E-state index contributed by atoms with van der Waals surface area (Å²) >= 11 is 1.04. The van der Waals surface area contributed by atoms with Crippen LogP contribution in [0.2, 0.25) is 0 Å². The largest absolute Gasteiger partial charge is 0.480 e. The van der Waals surface area contributed by atoms with Crippen LogP contribution < -0.4 is 4.31 Å². The van der Waals surface area contributed by atoms with E-state index in [1.165, 1.54) is 6.20 Å². The van der Waals surface area contributed by atoms with Gasteiger partial charge in [-0.2, -0.15) is 0 Å². The van der Waals surface area contributed by atoms with E-state index >= 15 is 0 Å². The highest BCUT2D eigenvalue weighted by Crippen LogP contribution is 2.37. The monoisotopic (exact) mass is 324 g/mol. The number of aliphatic carboxylic acids is 1. The average Bonchev–Trinajstić information content (AvgIpc) is 3.02. The Morgan fingerprint density at radius 3 is 2.76 bits per heavy atom. The molecule has 0 aliphatic carbocycles. The Labute approximate surface area is 125 Å². The summed E-state index contributed by atoms with van der Waals surface area (Å²) in [6.45, 7) is 1.70. The second-order valence-electron chi connectivity index (χ2n) is 4.69. The van der Waals surface area contributed by atoms with E-state index in [9.17, 15) is 18.3 Å². The van der Waals surface area contributed by atoms with Gasteiger partial charge in [0.05, 0.1) is 16.9 Å². The molecule has 1 aliphatic heterocycles. The normalized spacial score (nSPS) is 17.8. The highest BCUT2D eigenvalue weighted by atomic mass is 32.2. The van der Waals surface area contributed by atoms with Crippen LogP contribution in [-0.2, 0) is 21.2 Å². The summed E-state index contributed by atoms with van der Waals surface area (Å²) in [5.41, 5.74) is 1.14. The maximum atomic E-state index is 12.8. The van der Waals surface area contributed by atoms with Gasteiger partial charge in [0.15, 0.2) is 4.21 Å². The first-order valence-electron chi connectivity index (χ1n) is 6.19. The van der Waals surface area contributed by atoms with Crippen molar-refractivity contribution in [3.8, 4) is 0 Å². The number of hydrogen-bond donors (Lipinski definition) is 1. The van der Waals surface area contributed by atoms with Crippen LogP contribution in [0.15, 0.2) is 34.7 Å². The minimum Gasteiger partial charge on any atom is -0.480 e. The van der Waals surface area contributed by atoms with Crippen LogP contribution >= 0.6 is 11.3 Å². The van der Waals surface area contributed by atoms with Crippen LogP contribution in [0.1, 0.15) is 10.6 Å². The van der Waals surface area contributed by atoms with E-state index in [-0.39, 0.29) is 10.6 Å². The van der Waals surface area contributed by atoms with E-state index in [0.717, 1.165) is 21.2 Å². The quantitative estimate of drug-likeness (QED) is 0.927. The molecule has 21 heavy (non-hydrogen) atoms. The van der Waals surface area contributed by atoms with Gasteiger partial charge in [-0.1, -0.05) is 18.2 Å². The lowest BCUT2D eigenvalue weighted by Crippen LogP contribution is -2.42. The standard InChI is InChI=1S/C13H12N2O4S2/c1-8-14-7-12(20-8)21(18,19)15-10-5-3-2-4-9(10)6-11(15)13(16)17/h2-5,7,11H,6H2,1H3,(H,16,17). The fourth-order valence-corrected chi connectivity index (χ4v) is 5.24. The van der Waals surface area contributed by atoms with Crippen molar-refractivity contribution in [3.63, 3.8) is 0 Å². The summed E-state index contributed by atoms with van der Waals surface area (Å²) in [5, 5.41) is 9.97. The molecule has 0 bridgehead atoms. The molecule has 1 aromatic carbocycles. The van der Waals surface area contributed by atoms with Crippen molar-refractivity contribution < 1.29 is 18.3 Å². The average molecular weight is 324 g/mol. The van der Waals surface area contributed by atoms with Crippen molar-refractivity contribution in [1.29, 1.82) is 0 Å². The number of rotatable bonds is 3. The van der Waals surface area contributed by atoms with Crippen molar-refractivity contribution in [1.82, 2.24) is 4.98 Å². The van der Waals surface area contributed by atoms with E-state index < -0.39 is 22.0 Å². The number of benzene rings is 1. The van der Waals surface area contributed by atoms with Crippen LogP contribution in [0.5, 0.6) is 0 Å². The Hall–Kier alpha value is -1.93. The van der Waals surface area contributed by atoms with Crippen molar-refractivity contribution >= 4 is 33.0 Å². The third-order valence-electron chi connectivity index (χ3n) is 3.32. The second kappa shape index (κ2) is 4.81. The number of carboxylic acids is 1. The maximum Gasteiger partial charge on any atom is 0.327 e. The number of aromatic nitrogens is 1. The molecule has 0 radical (unpaired) electrons. The SMILES string of the molecule is Cc1ncc(S(=O)(=O)N2c3ccccc3CC2C(=O)O)s1. The highest BCUT2D eigenvalue weighted by Gasteiger charge is 2.42. The molecular formula is C13H12N2O4S2. The zero-order valence-corrected chi connectivity index (χ0v) is 12.7. The van der Waals surface area contributed by atoms with Crippen LogP contribution in [0.3, 0.4) is 0 Å². The maximum absolute atomic E-state index is 12.8. The Kier molecular flexibility index (Phi) is 3.22. The second-order valence-corrected chi connectivity index (χ2v) is 7.96. The number of carbonyl (C=O) groups is 1. The Morgan fingerprint density at radius 1 is 1.43 bits per heavy atom. The van der Waals surface area contributed by atoms with E-state index in [1.54, 1.807) is 31.2 Å². The van der Waals surface area contributed by atoms with Crippen LogP contribution in [0.25, 0.3) is 0 Å². The van der Waals surface area contributed by atoms with E-state index in [4.69, 9.17) is 0 Å². The van der Waals surface area contributed by atoms with Gasteiger partial charge in [0.1, 0.15) is 6.04 Å². The molecule has 0 saturated heterocycles. The fourth-order valence-electron chi connectivity index (χ4n) is 2.40. The van der Waals surface area contributed by atoms with Crippen molar-refractivity contribution in [2.45, 2.75) is 23.6 Å². The molecule has 1 atom stereocenters. The lowest BCUT2D eigenvalue weighted by atomic mass is 10.1. The molecule has 0 spiro atoms. The van der Waals surface area contributed by atoms with Crippen LogP contribution in [-0.4, -0.2) is 30.5 Å². The van der Waals surface area contributed by atoms with Crippen molar-refractivity contribution in [2.24, 2.45) is 0 Å². The predicted molar refractivity (Wildman–Crippen MR) is 78.1 cm³/mol. The van der Waals surface area contributed by atoms with Gasteiger partial charge in [-0.25, -0.2) is 18.2 Å². The first-order valence-corrected chi connectivity index (χ1v) is 8.44. The zero-order chi connectivity index (χ0) is 15.2. The molecule has 1 unspecified atom stereocenters. The van der Waals surface area contributed by atoms with E-state index in [1.807, 2.05) is 0 Å². The molecule has 6 nitrogen and oxygen atoms in total. The molecule has 8 heteroatoms. The topological polar surface area (TPSA) is 87.6 Å². The summed E-state index contributed by atoms with van der Waals surface area (Å²) < 4.78 is 26.6. The fraction of sp³-hybridized carbons (Fsp3) is 0.231. The first-order chi connectivity index (χ1) is 9.91. The Morgan fingerprint density at radius 2 is 2.14 bits per heavy atom. The minimum atomic E-state index is -3.92. The first kappa shape index (κ1) is 14.0. The number of aryl methyl sites for hydroxylation is 1.